The van der Waals surface area contributed by atoms with Gasteiger partial charge in [-0.25, -0.2) is 0 Å². The number of ether oxygens (including phenoxy) is 1. The molecule has 94 valence electrons. The molecule has 3 N–H and O–H groups in total. The number of halogens is 1. The molecule has 0 aliphatic carbocycles. The van der Waals surface area contributed by atoms with Gasteiger partial charge in [-0.05, 0) is 40.0 Å². The Morgan fingerprint density at radius 2 is 2.29 bits per heavy atom. The first-order chi connectivity index (χ1) is 8.02. The van der Waals surface area contributed by atoms with Gasteiger partial charge in [-0.1, -0.05) is 6.92 Å². The number of carbonyl (C=O) groups is 1. The van der Waals surface area contributed by atoms with Crippen molar-refractivity contribution in [1.29, 1.82) is 0 Å². The van der Waals surface area contributed by atoms with Crippen LogP contribution in [0, 0.1) is 5.92 Å². The lowest BCUT2D eigenvalue weighted by molar-refractivity contribution is -0.117. The fourth-order valence-corrected chi connectivity index (χ4v) is 1.99. The maximum atomic E-state index is 11.7. The molecule has 0 heterocycles. The Kier molecular flexibility index (Phi) is 5.44. The second-order valence-electron chi connectivity index (χ2n) is 4.05. The number of anilines is 2. The summed E-state index contributed by atoms with van der Waals surface area (Å²) in [5.41, 5.74) is 7.00. The number of amides is 1. The van der Waals surface area contributed by atoms with Crippen LogP contribution in [0.5, 0.6) is 0 Å². The number of carbonyl (C=O) groups excluding carboxylic acids is 1. The average Bonchev–Trinajstić information content (AvgIpc) is 2.22. The van der Waals surface area contributed by atoms with E-state index < -0.39 is 0 Å². The quantitative estimate of drug-likeness (QED) is 0.822. The first kappa shape index (κ1) is 14.0. The van der Waals surface area contributed by atoms with E-state index in [0.29, 0.717) is 18.7 Å². The molecule has 5 heteroatoms. The van der Waals surface area contributed by atoms with Crippen molar-refractivity contribution in [2.45, 2.75) is 13.3 Å². The third-order valence-corrected chi connectivity index (χ3v) is 2.91. The molecule has 0 aliphatic rings. The number of nitrogen functional groups attached to an aromatic ring is 1. The van der Waals surface area contributed by atoms with Crippen molar-refractivity contribution < 1.29 is 9.53 Å². The highest BCUT2D eigenvalue weighted by atomic mass is 79.9. The molecule has 0 saturated carbocycles. The molecular formula is C12H17BrN2O2. The minimum Gasteiger partial charge on any atom is -0.399 e. The minimum absolute atomic E-state index is 0.0278. The number of hydrogen-bond donors (Lipinski definition) is 2. The molecule has 0 aromatic heterocycles. The number of hydrogen-bond acceptors (Lipinski definition) is 3. The van der Waals surface area contributed by atoms with Crippen molar-refractivity contribution in [3.05, 3.63) is 22.7 Å². The molecule has 1 amide bonds. The van der Waals surface area contributed by atoms with Gasteiger partial charge in [0.1, 0.15) is 0 Å². The molecule has 0 saturated heterocycles. The fourth-order valence-electron chi connectivity index (χ4n) is 1.49. The topological polar surface area (TPSA) is 64.3 Å². The Bertz CT molecular complexity index is 396. The van der Waals surface area contributed by atoms with Gasteiger partial charge < -0.3 is 15.8 Å². The summed E-state index contributed by atoms with van der Waals surface area (Å²) in [5.74, 6) is 0.174. The van der Waals surface area contributed by atoms with Gasteiger partial charge in [-0.2, -0.15) is 0 Å². The summed E-state index contributed by atoms with van der Waals surface area (Å²) in [7, 11) is 1.63. The molecule has 1 aromatic rings. The zero-order valence-electron chi connectivity index (χ0n) is 10.00. The normalized spacial score (nSPS) is 12.2. The van der Waals surface area contributed by atoms with E-state index in [4.69, 9.17) is 10.5 Å². The highest BCUT2D eigenvalue weighted by Crippen LogP contribution is 2.24. The van der Waals surface area contributed by atoms with Crippen molar-refractivity contribution in [3.8, 4) is 0 Å². The van der Waals surface area contributed by atoms with Crippen LogP contribution < -0.4 is 11.1 Å². The predicted molar refractivity (Wildman–Crippen MR) is 72.8 cm³/mol. The van der Waals surface area contributed by atoms with Gasteiger partial charge in [0.15, 0.2) is 0 Å². The summed E-state index contributed by atoms with van der Waals surface area (Å²) in [6, 6.07) is 5.28. The number of methoxy groups -OCH3 is 1. The summed E-state index contributed by atoms with van der Waals surface area (Å²) in [5, 5.41) is 2.83. The van der Waals surface area contributed by atoms with Crippen molar-refractivity contribution >= 4 is 33.2 Å². The molecule has 17 heavy (non-hydrogen) atoms. The number of nitrogens with one attached hydrogen (secondary N) is 1. The van der Waals surface area contributed by atoms with Crippen LogP contribution in [0.25, 0.3) is 0 Å². The van der Waals surface area contributed by atoms with Crippen molar-refractivity contribution in [2.75, 3.05) is 24.8 Å². The SMILES string of the molecule is COCC(C)CC(=O)Nc1ccc(N)cc1Br. The lowest BCUT2D eigenvalue weighted by Gasteiger charge is -2.11. The van der Waals surface area contributed by atoms with Crippen LogP contribution in [0.1, 0.15) is 13.3 Å². The van der Waals surface area contributed by atoms with Crippen molar-refractivity contribution in [2.24, 2.45) is 5.92 Å². The summed E-state index contributed by atoms with van der Waals surface area (Å²) < 4.78 is 5.77. The van der Waals surface area contributed by atoms with Crippen LogP contribution in [-0.2, 0) is 9.53 Å². The molecule has 0 radical (unpaired) electrons. The van der Waals surface area contributed by atoms with Gasteiger partial charge in [0, 0.05) is 30.3 Å². The van der Waals surface area contributed by atoms with E-state index in [2.05, 4.69) is 21.2 Å². The zero-order chi connectivity index (χ0) is 12.8. The molecule has 0 bridgehead atoms. The minimum atomic E-state index is -0.0278. The monoisotopic (exact) mass is 300 g/mol. The van der Waals surface area contributed by atoms with E-state index >= 15 is 0 Å². The molecule has 1 aromatic carbocycles. The van der Waals surface area contributed by atoms with Crippen LogP contribution >= 0.6 is 15.9 Å². The molecule has 1 rings (SSSR count). The number of benzene rings is 1. The highest BCUT2D eigenvalue weighted by molar-refractivity contribution is 9.10. The maximum Gasteiger partial charge on any atom is 0.224 e. The third-order valence-electron chi connectivity index (χ3n) is 2.25. The second-order valence-corrected chi connectivity index (χ2v) is 4.91. The van der Waals surface area contributed by atoms with Gasteiger partial charge in [0.05, 0.1) is 5.69 Å². The highest BCUT2D eigenvalue weighted by Gasteiger charge is 2.10. The average molecular weight is 301 g/mol. The standard InChI is InChI=1S/C12H17BrN2O2/c1-8(7-17-2)5-12(16)15-11-4-3-9(14)6-10(11)13/h3-4,6,8H,5,7,14H2,1-2H3,(H,15,16). The first-order valence-corrected chi connectivity index (χ1v) is 6.16. The Morgan fingerprint density at radius 1 is 1.59 bits per heavy atom. The van der Waals surface area contributed by atoms with Crippen LogP contribution in [-0.4, -0.2) is 19.6 Å². The van der Waals surface area contributed by atoms with Crippen LogP contribution in [0.4, 0.5) is 11.4 Å². The van der Waals surface area contributed by atoms with E-state index in [1.165, 1.54) is 0 Å². The number of rotatable bonds is 5. The molecule has 0 fully saturated rings. The van der Waals surface area contributed by atoms with E-state index in [0.717, 1.165) is 10.2 Å². The summed E-state index contributed by atoms with van der Waals surface area (Å²) in [4.78, 5) is 11.7. The summed E-state index contributed by atoms with van der Waals surface area (Å²) >= 11 is 3.35. The Labute approximate surface area is 110 Å². The van der Waals surface area contributed by atoms with E-state index in [-0.39, 0.29) is 11.8 Å². The van der Waals surface area contributed by atoms with E-state index in [1.807, 2.05) is 6.92 Å². The first-order valence-electron chi connectivity index (χ1n) is 5.36. The lowest BCUT2D eigenvalue weighted by Crippen LogP contribution is -2.17. The van der Waals surface area contributed by atoms with Crippen molar-refractivity contribution in [1.82, 2.24) is 0 Å². The summed E-state index contributed by atoms with van der Waals surface area (Å²) in [6.07, 6.45) is 0.435. The van der Waals surface area contributed by atoms with Gasteiger partial charge in [-0.3, -0.25) is 4.79 Å². The molecular weight excluding hydrogens is 284 g/mol. The van der Waals surface area contributed by atoms with Crippen LogP contribution in [0.2, 0.25) is 0 Å². The largest absolute Gasteiger partial charge is 0.399 e. The lowest BCUT2D eigenvalue weighted by atomic mass is 10.1. The molecule has 0 aliphatic heterocycles. The van der Waals surface area contributed by atoms with Gasteiger partial charge in [-0.15, -0.1) is 0 Å². The van der Waals surface area contributed by atoms with Crippen molar-refractivity contribution in [3.63, 3.8) is 0 Å². The Morgan fingerprint density at radius 3 is 2.88 bits per heavy atom. The molecule has 4 nitrogen and oxygen atoms in total. The maximum absolute atomic E-state index is 11.7. The van der Waals surface area contributed by atoms with Gasteiger partial charge >= 0.3 is 0 Å². The van der Waals surface area contributed by atoms with Crippen LogP contribution in [0.3, 0.4) is 0 Å². The van der Waals surface area contributed by atoms with Gasteiger partial charge in [0.25, 0.3) is 0 Å². The zero-order valence-corrected chi connectivity index (χ0v) is 11.6. The predicted octanol–water partition coefficient (Wildman–Crippen LogP) is 2.64. The smallest absolute Gasteiger partial charge is 0.224 e. The molecule has 0 spiro atoms. The Balaban J connectivity index is 2.56. The fraction of sp³-hybridized carbons (Fsp3) is 0.417. The van der Waals surface area contributed by atoms with Crippen LogP contribution in [0.15, 0.2) is 22.7 Å². The van der Waals surface area contributed by atoms with Gasteiger partial charge in [0.2, 0.25) is 5.91 Å². The van der Waals surface area contributed by atoms with E-state index in [9.17, 15) is 4.79 Å². The molecule has 1 unspecified atom stereocenters. The molecule has 1 atom stereocenters. The number of nitrogens with two attached hydrogens (primary N) is 1. The van der Waals surface area contributed by atoms with E-state index in [1.54, 1.807) is 25.3 Å². The third kappa shape index (κ3) is 4.75. The second kappa shape index (κ2) is 6.61. The Hall–Kier alpha value is -1.07. The summed E-state index contributed by atoms with van der Waals surface area (Å²) in [6.45, 7) is 2.55.